The zero-order valence-electron chi connectivity index (χ0n) is 10.6. The highest BCUT2D eigenvalue weighted by molar-refractivity contribution is 5.48. The second-order valence-corrected chi connectivity index (χ2v) is 5.39. The molecule has 17 heavy (non-hydrogen) atoms. The molecule has 92 valence electrons. The van der Waals surface area contributed by atoms with E-state index in [0.29, 0.717) is 5.54 Å². The zero-order valence-corrected chi connectivity index (χ0v) is 10.6. The van der Waals surface area contributed by atoms with Gasteiger partial charge in [0.1, 0.15) is 5.82 Å². The molecule has 1 saturated carbocycles. The summed E-state index contributed by atoms with van der Waals surface area (Å²) in [6.45, 7) is 2.35. The van der Waals surface area contributed by atoms with Gasteiger partial charge in [0.25, 0.3) is 0 Å². The highest BCUT2D eigenvalue weighted by Gasteiger charge is 2.41. The maximum Gasteiger partial charge on any atom is 0.131 e. The molecule has 2 heterocycles. The number of aromatic nitrogens is 1. The lowest BCUT2D eigenvalue weighted by molar-refractivity contribution is 0.547. The third-order valence-electron chi connectivity index (χ3n) is 4.19. The molecule has 2 fully saturated rings. The van der Waals surface area contributed by atoms with Crippen LogP contribution in [0.1, 0.15) is 31.2 Å². The number of likely N-dealkylation sites (N-methyl/N-ethyl adjacent to an activating group) is 1. The predicted molar refractivity (Wildman–Crippen MR) is 70.4 cm³/mol. The fourth-order valence-corrected chi connectivity index (χ4v) is 2.81. The Hall–Kier alpha value is -1.09. The molecule has 2 aliphatic rings. The normalized spacial score (nSPS) is 21.8. The van der Waals surface area contributed by atoms with E-state index in [0.717, 1.165) is 6.42 Å². The van der Waals surface area contributed by atoms with Crippen LogP contribution in [-0.2, 0) is 6.42 Å². The predicted octanol–water partition coefficient (Wildman–Crippen LogP) is 1.98. The molecule has 3 heteroatoms. The summed E-state index contributed by atoms with van der Waals surface area (Å²) in [5, 5.41) is 3.47. The van der Waals surface area contributed by atoms with Crippen molar-refractivity contribution in [3.63, 3.8) is 0 Å². The number of hydrogen-bond acceptors (Lipinski definition) is 3. The van der Waals surface area contributed by atoms with E-state index in [1.54, 1.807) is 0 Å². The van der Waals surface area contributed by atoms with Gasteiger partial charge in [0.2, 0.25) is 0 Å². The first-order valence-corrected chi connectivity index (χ1v) is 6.71. The first-order chi connectivity index (χ1) is 8.33. The van der Waals surface area contributed by atoms with Crippen molar-refractivity contribution in [3.8, 4) is 0 Å². The van der Waals surface area contributed by atoms with E-state index in [-0.39, 0.29) is 0 Å². The summed E-state index contributed by atoms with van der Waals surface area (Å²) in [5.41, 5.74) is 1.79. The fraction of sp³-hybridized carbons (Fsp3) is 0.643. The number of rotatable bonds is 4. The molecule has 0 radical (unpaired) electrons. The van der Waals surface area contributed by atoms with Gasteiger partial charge in [0.15, 0.2) is 0 Å². The van der Waals surface area contributed by atoms with Crippen molar-refractivity contribution in [3.05, 3.63) is 23.9 Å². The summed E-state index contributed by atoms with van der Waals surface area (Å²) in [6.07, 6.45) is 8.29. The van der Waals surface area contributed by atoms with Crippen LogP contribution in [0.2, 0.25) is 0 Å². The van der Waals surface area contributed by atoms with Gasteiger partial charge in [0.05, 0.1) is 0 Å². The average Bonchev–Trinajstić information content (AvgIpc) is 2.92. The molecule has 1 aromatic rings. The molecular formula is C14H21N3. The van der Waals surface area contributed by atoms with Crippen molar-refractivity contribution in [2.24, 2.45) is 0 Å². The Morgan fingerprint density at radius 1 is 1.35 bits per heavy atom. The highest BCUT2D eigenvalue weighted by atomic mass is 15.2. The van der Waals surface area contributed by atoms with E-state index in [9.17, 15) is 0 Å². The zero-order chi connectivity index (χ0) is 11.7. The summed E-state index contributed by atoms with van der Waals surface area (Å²) in [6, 6.07) is 4.32. The maximum atomic E-state index is 4.61. The molecule has 0 aromatic carbocycles. The lowest BCUT2D eigenvalue weighted by Crippen LogP contribution is -2.31. The Bertz CT molecular complexity index is 392. The Morgan fingerprint density at radius 2 is 2.12 bits per heavy atom. The van der Waals surface area contributed by atoms with Gasteiger partial charge < -0.3 is 10.2 Å². The molecule has 1 aliphatic carbocycles. The van der Waals surface area contributed by atoms with Gasteiger partial charge >= 0.3 is 0 Å². The van der Waals surface area contributed by atoms with Gasteiger partial charge in [-0.2, -0.15) is 0 Å². The van der Waals surface area contributed by atoms with Gasteiger partial charge in [-0.05, 0) is 50.8 Å². The third kappa shape index (κ3) is 2.16. The van der Waals surface area contributed by atoms with Crippen LogP contribution in [-0.4, -0.2) is 30.7 Å². The van der Waals surface area contributed by atoms with Crippen LogP contribution >= 0.6 is 0 Å². The Labute approximate surface area is 103 Å². The minimum Gasteiger partial charge on any atom is -0.356 e. The molecular weight excluding hydrogens is 210 g/mol. The summed E-state index contributed by atoms with van der Waals surface area (Å²) in [5.74, 6) is 1.23. The van der Waals surface area contributed by atoms with Gasteiger partial charge in [0, 0.05) is 24.8 Å². The van der Waals surface area contributed by atoms with Gasteiger partial charge in [-0.1, -0.05) is 6.07 Å². The molecule has 0 unspecified atom stereocenters. The van der Waals surface area contributed by atoms with Crippen molar-refractivity contribution in [2.45, 2.75) is 37.6 Å². The Morgan fingerprint density at radius 3 is 2.76 bits per heavy atom. The van der Waals surface area contributed by atoms with Crippen molar-refractivity contribution in [1.29, 1.82) is 0 Å². The standard InChI is InChI=1S/C14H21N3/c1-15-14(6-7-14)11-12-5-4-8-16-13(12)17-9-2-3-10-17/h4-5,8,15H,2-3,6-7,9-11H2,1H3. The summed E-state index contributed by atoms with van der Waals surface area (Å²) >= 11 is 0. The molecule has 0 spiro atoms. The molecule has 1 aliphatic heterocycles. The summed E-state index contributed by atoms with van der Waals surface area (Å²) < 4.78 is 0. The van der Waals surface area contributed by atoms with E-state index >= 15 is 0 Å². The maximum absolute atomic E-state index is 4.61. The van der Waals surface area contributed by atoms with Crippen molar-refractivity contribution in [2.75, 3.05) is 25.0 Å². The lowest BCUT2D eigenvalue weighted by atomic mass is 10.0. The van der Waals surface area contributed by atoms with Crippen LogP contribution in [0.3, 0.4) is 0 Å². The minimum absolute atomic E-state index is 0.373. The number of anilines is 1. The van der Waals surface area contributed by atoms with Gasteiger partial charge in [-0.15, -0.1) is 0 Å². The molecule has 3 rings (SSSR count). The number of nitrogens with one attached hydrogen (secondary N) is 1. The van der Waals surface area contributed by atoms with Crippen molar-refractivity contribution < 1.29 is 0 Å². The van der Waals surface area contributed by atoms with Gasteiger partial charge in [-0.25, -0.2) is 4.98 Å². The number of hydrogen-bond donors (Lipinski definition) is 1. The smallest absolute Gasteiger partial charge is 0.131 e. The average molecular weight is 231 g/mol. The molecule has 0 bridgehead atoms. The first kappa shape index (κ1) is 11.0. The molecule has 0 atom stereocenters. The molecule has 1 aromatic heterocycles. The van der Waals surface area contributed by atoms with Crippen LogP contribution in [0.4, 0.5) is 5.82 Å². The van der Waals surface area contributed by atoms with Gasteiger partial charge in [-0.3, -0.25) is 0 Å². The Balaban J connectivity index is 1.83. The second-order valence-electron chi connectivity index (χ2n) is 5.39. The SMILES string of the molecule is CNC1(Cc2cccnc2N2CCCC2)CC1. The van der Waals surface area contributed by atoms with E-state index in [4.69, 9.17) is 0 Å². The third-order valence-corrected chi connectivity index (χ3v) is 4.19. The monoisotopic (exact) mass is 231 g/mol. The quantitative estimate of drug-likeness (QED) is 0.859. The van der Waals surface area contributed by atoms with Crippen LogP contribution in [0.15, 0.2) is 18.3 Å². The largest absolute Gasteiger partial charge is 0.356 e. The van der Waals surface area contributed by atoms with Crippen molar-refractivity contribution in [1.82, 2.24) is 10.3 Å². The second kappa shape index (κ2) is 4.30. The van der Waals surface area contributed by atoms with Crippen LogP contribution in [0.5, 0.6) is 0 Å². The molecule has 0 amide bonds. The molecule has 3 nitrogen and oxygen atoms in total. The Kier molecular flexibility index (Phi) is 2.79. The van der Waals surface area contributed by atoms with Crippen LogP contribution in [0, 0.1) is 0 Å². The summed E-state index contributed by atoms with van der Waals surface area (Å²) in [7, 11) is 2.08. The van der Waals surface area contributed by atoms with Crippen molar-refractivity contribution >= 4 is 5.82 Å². The van der Waals surface area contributed by atoms with Crippen LogP contribution < -0.4 is 10.2 Å². The van der Waals surface area contributed by atoms with E-state index in [2.05, 4.69) is 34.4 Å². The number of pyridine rings is 1. The lowest BCUT2D eigenvalue weighted by Gasteiger charge is -2.22. The molecule has 1 N–H and O–H groups in total. The van der Waals surface area contributed by atoms with E-state index < -0.39 is 0 Å². The van der Waals surface area contributed by atoms with Crippen LogP contribution in [0.25, 0.3) is 0 Å². The highest BCUT2D eigenvalue weighted by Crippen LogP contribution is 2.39. The first-order valence-electron chi connectivity index (χ1n) is 6.71. The summed E-state index contributed by atoms with van der Waals surface area (Å²) in [4.78, 5) is 7.05. The number of nitrogens with zero attached hydrogens (tertiary/aromatic N) is 2. The molecule has 1 saturated heterocycles. The van der Waals surface area contributed by atoms with E-state index in [1.807, 2.05) is 6.20 Å². The topological polar surface area (TPSA) is 28.2 Å². The van der Waals surface area contributed by atoms with E-state index in [1.165, 1.54) is 50.2 Å². The fourth-order valence-electron chi connectivity index (χ4n) is 2.81. The minimum atomic E-state index is 0.373.